The van der Waals surface area contributed by atoms with E-state index in [2.05, 4.69) is 0 Å². The van der Waals surface area contributed by atoms with Crippen molar-refractivity contribution in [2.24, 2.45) is 11.8 Å². The van der Waals surface area contributed by atoms with E-state index in [1.54, 1.807) is 0 Å². The summed E-state index contributed by atoms with van der Waals surface area (Å²) in [5.74, 6) is 0.346. The van der Waals surface area contributed by atoms with Gasteiger partial charge in [0.2, 0.25) is 0 Å². The Morgan fingerprint density at radius 3 is 2.21 bits per heavy atom. The van der Waals surface area contributed by atoms with Crippen molar-refractivity contribution in [2.75, 3.05) is 0 Å². The van der Waals surface area contributed by atoms with E-state index in [1.807, 2.05) is 58.0 Å². The predicted molar refractivity (Wildman–Crippen MR) is 75.6 cm³/mol. The summed E-state index contributed by atoms with van der Waals surface area (Å²) in [7, 11) is 0. The van der Waals surface area contributed by atoms with Crippen LogP contribution in [0.5, 0.6) is 0 Å². The molecule has 0 fully saturated rings. The Bertz CT molecular complexity index is 384. The molecule has 0 aromatic heterocycles. The monoisotopic (exact) mass is 264 g/mol. The van der Waals surface area contributed by atoms with E-state index in [-0.39, 0.29) is 23.7 Å². The highest BCUT2D eigenvalue weighted by molar-refractivity contribution is 5.80. The first-order valence-electron chi connectivity index (χ1n) is 6.83. The van der Waals surface area contributed by atoms with Gasteiger partial charge in [0.05, 0.1) is 6.10 Å². The van der Waals surface area contributed by atoms with Crippen molar-refractivity contribution in [1.29, 1.82) is 0 Å². The number of hydrogen-bond donors (Lipinski definition) is 1. The van der Waals surface area contributed by atoms with E-state index in [1.165, 1.54) is 0 Å². The maximum atomic E-state index is 11.8. The molecular formula is C16H24O3. The molecule has 3 nitrogen and oxygen atoms in total. The first-order chi connectivity index (χ1) is 8.91. The number of ether oxygens (including phenoxy) is 1. The number of hydrogen-bond acceptors (Lipinski definition) is 3. The van der Waals surface area contributed by atoms with Crippen LogP contribution in [0.1, 0.15) is 46.0 Å². The Balaban J connectivity index is 2.66. The minimum atomic E-state index is -0.978. The molecule has 0 saturated heterocycles. The second-order valence-corrected chi connectivity index (χ2v) is 5.51. The number of carbonyl (C=O) groups is 1. The summed E-state index contributed by atoms with van der Waals surface area (Å²) in [5.41, 5.74) is 0.713. The lowest BCUT2D eigenvalue weighted by molar-refractivity contribution is -0.159. The zero-order valence-corrected chi connectivity index (χ0v) is 12.2. The lowest BCUT2D eigenvalue weighted by Crippen LogP contribution is -2.27. The van der Waals surface area contributed by atoms with Crippen LogP contribution in [-0.4, -0.2) is 17.0 Å². The van der Waals surface area contributed by atoms with E-state index >= 15 is 0 Å². The zero-order valence-electron chi connectivity index (χ0n) is 12.2. The Kier molecular flexibility index (Phi) is 6.19. The Hall–Kier alpha value is -1.19. The number of aliphatic hydroxyl groups is 1. The standard InChI is InChI=1S/C16H24O3/c1-11(2)14(17)10-15(12(3)4)19-16(18)13-8-6-5-7-9-13/h5-9,11-12,15-16,18H,10H2,1-4H3/t15-,16?/m0/s1. The summed E-state index contributed by atoms with van der Waals surface area (Å²) >= 11 is 0. The molecule has 1 aromatic rings. The highest BCUT2D eigenvalue weighted by Crippen LogP contribution is 2.22. The summed E-state index contributed by atoms with van der Waals surface area (Å²) in [6.07, 6.45) is -0.891. The first-order valence-corrected chi connectivity index (χ1v) is 6.83. The normalized spacial score (nSPS) is 14.7. The second kappa shape index (κ2) is 7.41. The molecular weight excluding hydrogens is 240 g/mol. The summed E-state index contributed by atoms with van der Waals surface area (Å²) in [4.78, 5) is 11.8. The SMILES string of the molecule is CC(C)C(=O)C[C@H](OC(O)c1ccccc1)C(C)C. The number of rotatable bonds is 7. The van der Waals surface area contributed by atoms with Gasteiger partial charge in [0.15, 0.2) is 6.29 Å². The summed E-state index contributed by atoms with van der Waals surface area (Å²) < 4.78 is 5.65. The second-order valence-electron chi connectivity index (χ2n) is 5.51. The average Bonchev–Trinajstić information content (AvgIpc) is 2.38. The topological polar surface area (TPSA) is 46.5 Å². The molecule has 0 radical (unpaired) electrons. The van der Waals surface area contributed by atoms with Gasteiger partial charge < -0.3 is 9.84 Å². The van der Waals surface area contributed by atoms with Crippen LogP contribution in [-0.2, 0) is 9.53 Å². The molecule has 106 valence electrons. The Labute approximate surface area is 115 Å². The predicted octanol–water partition coefficient (Wildman–Crippen LogP) is 3.33. The van der Waals surface area contributed by atoms with E-state index in [0.717, 1.165) is 0 Å². The maximum Gasteiger partial charge on any atom is 0.181 e. The van der Waals surface area contributed by atoms with Gasteiger partial charge in [-0.2, -0.15) is 0 Å². The van der Waals surface area contributed by atoms with Gasteiger partial charge in [0.1, 0.15) is 5.78 Å². The molecule has 19 heavy (non-hydrogen) atoms. The van der Waals surface area contributed by atoms with Crippen molar-refractivity contribution in [2.45, 2.75) is 46.5 Å². The summed E-state index contributed by atoms with van der Waals surface area (Å²) in [6, 6.07) is 9.22. The number of benzene rings is 1. The largest absolute Gasteiger partial charge is 0.364 e. The van der Waals surface area contributed by atoms with Crippen LogP contribution >= 0.6 is 0 Å². The zero-order chi connectivity index (χ0) is 14.4. The van der Waals surface area contributed by atoms with E-state index in [0.29, 0.717) is 12.0 Å². The van der Waals surface area contributed by atoms with Gasteiger partial charge >= 0.3 is 0 Å². The molecule has 0 aliphatic carbocycles. The van der Waals surface area contributed by atoms with Gasteiger partial charge in [-0.05, 0) is 5.92 Å². The number of ketones is 1. The molecule has 0 spiro atoms. The van der Waals surface area contributed by atoms with Crippen molar-refractivity contribution in [1.82, 2.24) is 0 Å². The minimum Gasteiger partial charge on any atom is -0.364 e. The minimum absolute atomic E-state index is 0.00119. The van der Waals surface area contributed by atoms with Crippen molar-refractivity contribution in [3.05, 3.63) is 35.9 Å². The third-order valence-corrected chi connectivity index (χ3v) is 3.18. The highest BCUT2D eigenvalue weighted by Gasteiger charge is 2.23. The van der Waals surface area contributed by atoms with Gasteiger partial charge in [-0.25, -0.2) is 0 Å². The van der Waals surface area contributed by atoms with Crippen molar-refractivity contribution in [3.63, 3.8) is 0 Å². The van der Waals surface area contributed by atoms with Crippen LogP contribution in [0.15, 0.2) is 30.3 Å². The molecule has 1 rings (SSSR count). The fraction of sp³-hybridized carbons (Fsp3) is 0.562. The average molecular weight is 264 g/mol. The van der Waals surface area contributed by atoms with E-state index < -0.39 is 6.29 Å². The molecule has 3 heteroatoms. The fourth-order valence-electron chi connectivity index (χ4n) is 1.74. The van der Waals surface area contributed by atoms with Gasteiger partial charge in [-0.15, -0.1) is 0 Å². The third-order valence-electron chi connectivity index (χ3n) is 3.18. The number of aliphatic hydroxyl groups excluding tert-OH is 1. The molecule has 1 aromatic carbocycles. The quantitative estimate of drug-likeness (QED) is 0.768. The smallest absolute Gasteiger partial charge is 0.181 e. The number of carbonyl (C=O) groups excluding carboxylic acids is 1. The Morgan fingerprint density at radius 1 is 1.16 bits per heavy atom. The van der Waals surface area contributed by atoms with Gasteiger partial charge in [0, 0.05) is 17.9 Å². The Morgan fingerprint density at radius 2 is 1.74 bits per heavy atom. The lowest BCUT2D eigenvalue weighted by Gasteiger charge is -2.25. The van der Waals surface area contributed by atoms with Crippen LogP contribution in [0.3, 0.4) is 0 Å². The molecule has 0 heterocycles. The third kappa shape index (κ3) is 5.13. The molecule has 2 atom stereocenters. The van der Waals surface area contributed by atoms with Gasteiger partial charge in [0.25, 0.3) is 0 Å². The molecule has 0 aliphatic heterocycles. The van der Waals surface area contributed by atoms with Gasteiger partial charge in [-0.3, -0.25) is 4.79 Å². The highest BCUT2D eigenvalue weighted by atomic mass is 16.6. The van der Waals surface area contributed by atoms with Crippen LogP contribution < -0.4 is 0 Å². The van der Waals surface area contributed by atoms with E-state index in [9.17, 15) is 9.90 Å². The summed E-state index contributed by atoms with van der Waals surface area (Å²) in [5, 5.41) is 10.1. The maximum absolute atomic E-state index is 11.8. The van der Waals surface area contributed by atoms with Crippen molar-refractivity contribution >= 4 is 5.78 Å². The fourth-order valence-corrected chi connectivity index (χ4v) is 1.74. The molecule has 1 N–H and O–H groups in total. The summed E-state index contributed by atoms with van der Waals surface area (Å²) in [6.45, 7) is 7.76. The molecule has 0 amide bonds. The van der Waals surface area contributed by atoms with Gasteiger partial charge in [-0.1, -0.05) is 58.0 Å². The molecule has 0 bridgehead atoms. The molecule has 1 unspecified atom stereocenters. The van der Waals surface area contributed by atoms with Crippen LogP contribution in [0.25, 0.3) is 0 Å². The molecule has 0 aliphatic rings. The van der Waals surface area contributed by atoms with Crippen LogP contribution in [0.4, 0.5) is 0 Å². The van der Waals surface area contributed by atoms with Crippen LogP contribution in [0.2, 0.25) is 0 Å². The lowest BCUT2D eigenvalue weighted by atomic mass is 9.96. The first kappa shape index (κ1) is 15.9. The van der Waals surface area contributed by atoms with Crippen molar-refractivity contribution in [3.8, 4) is 0 Å². The van der Waals surface area contributed by atoms with Crippen molar-refractivity contribution < 1.29 is 14.6 Å². The molecule has 0 saturated carbocycles. The number of Topliss-reactive ketones (excluding diaryl/α,β-unsaturated/α-hetero) is 1. The van der Waals surface area contributed by atoms with E-state index in [4.69, 9.17) is 4.74 Å². The van der Waals surface area contributed by atoms with Crippen LogP contribution in [0, 0.1) is 11.8 Å².